The zero-order valence-electron chi connectivity index (χ0n) is 10.9. The second-order valence-electron chi connectivity index (χ2n) is 5.04. The predicted molar refractivity (Wildman–Crippen MR) is 67.3 cm³/mol. The molecule has 5 heteroatoms. The van der Waals surface area contributed by atoms with Crippen LogP contribution in [0.15, 0.2) is 18.2 Å². The molecule has 0 unspecified atom stereocenters. The highest BCUT2D eigenvalue weighted by atomic mass is 19.4. The molecule has 0 amide bonds. The largest absolute Gasteiger partial charge is 0.493 e. The average Bonchev–Trinajstić information content (AvgIpc) is 2.36. The minimum absolute atomic E-state index is 0.311. The minimum Gasteiger partial charge on any atom is -0.493 e. The Kier molecular flexibility index (Phi) is 4.34. The van der Waals surface area contributed by atoms with Crippen LogP contribution in [0.5, 0.6) is 5.75 Å². The first-order chi connectivity index (χ1) is 8.95. The van der Waals surface area contributed by atoms with Gasteiger partial charge in [0.05, 0.1) is 12.2 Å². The number of hydrogen-bond donors (Lipinski definition) is 1. The Morgan fingerprint density at radius 1 is 1.21 bits per heavy atom. The van der Waals surface area contributed by atoms with Gasteiger partial charge in [-0.2, -0.15) is 13.2 Å². The molecule has 1 N–H and O–H groups in total. The topological polar surface area (TPSA) is 21.3 Å². The Hall–Kier alpha value is -1.23. The number of hydrogen-bond acceptors (Lipinski definition) is 2. The van der Waals surface area contributed by atoms with Crippen molar-refractivity contribution in [3.63, 3.8) is 0 Å². The van der Waals surface area contributed by atoms with Crippen molar-refractivity contribution in [1.82, 2.24) is 5.32 Å². The molecule has 19 heavy (non-hydrogen) atoms. The summed E-state index contributed by atoms with van der Waals surface area (Å²) in [5, 5.41) is 3.25. The van der Waals surface area contributed by atoms with Crippen LogP contribution in [0.1, 0.15) is 24.0 Å². The van der Waals surface area contributed by atoms with Crippen molar-refractivity contribution in [1.29, 1.82) is 0 Å². The van der Waals surface area contributed by atoms with Crippen LogP contribution in [0.4, 0.5) is 13.2 Å². The number of ether oxygens (including phenoxy) is 1. The van der Waals surface area contributed by atoms with Crippen LogP contribution in [-0.4, -0.2) is 19.7 Å². The van der Waals surface area contributed by atoms with Crippen molar-refractivity contribution in [2.75, 3.05) is 19.7 Å². The SMILES string of the molecule is Cc1cc(OCC2CCNCC2)cc(C(F)(F)F)c1. The van der Waals surface area contributed by atoms with Gasteiger partial charge in [-0.3, -0.25) is 0 Å². The Labute approximate surface area is 111 Å². The first-order valence-corrected chi connectivity index (χ1v) is 6.47. The third-order valence-corrected chi connectivity index (χ3v) is 3.32. The average molecular weight is 273 g/mol. The molecular weight excluding hydrogens is 255 g/mol. The first kappa shape index (κ1) is 14.2. The number of halogens is 3. The van der Waals surface area contributed by atoms with Gasteiger partial charge in [-0.15, -0.1) is 0 Å². The minimum atomic E-state index is -4.32. The third kappa shape index (κ3) is 4.13. The number of aryl methyl sites for hydroxylation is 1. The normalized spacial score (nSPS) is 17.5. The molecule has 1 aliphatic heterocycles. The Morgan fingerprint density at radius 2 is 1.89 bits per heavy atom. The molecular formula is C14H18F3NO. The second-order valence-corrected chi connectivity index (χ2v) is 5.04. The van der Waals surface area contributed by atoms with Crippen LogP contribution in [-0.2, 0) is 6.18 Å². The second kappa shape index (κ2) is 5.82. The van der Waals surface area contributed by atoms with Gasteiger partial charge in [0.25, 0.3) is 0 Å². The quantitative estimate of drug-likeness (QED) is 0.911. The van der Waals surface area contributed by atoms with Crippen molar-refractivity contribution < 1.29 is 17.9 Å². The van der Waals surface area contributed by atoms with Gasteiger partial charge in [0.1, 0.15) is 5.75 Å². The molecule has 0 atom stereocenters. The summed E-state index contributed by atoms with van der Waals surface area (Å²) < 4.78 is 43.6. The van der Waals surface area contributed by atoms with Crippen molar-refractivity contribution >= 4 is 0 Å². The summed E-state index contributed by atoms with van der Waals surface area (Å²) >= 11 is 0. The maximum Gasteiger partial charge on any atom is 0.416 e. The lowest BCUT2D eigenvalue weighted by Crippen LogP contribution is -2.30. The summed E-state index contributed by atoms with van der Waals surface area (Å²) in [6.07, 6.45) is -2.30. The number of benzene rings is 1. The molecule has 2 rings (SSSR count). The fourth-order valence-electron chi connectivity index (χ4n) is 2.26. The van der Waals surface area contributed by atoms with E-state index in [-0.39, 0.29) is 0 Å². The van der Waals surface area contributed by atoms with Gasteiger partial charge in [0.2, 0.25) is 0 Å². The zero-order valence-corrected chi connectivity index (χ0v) is 10.9. The van der Waals surface area contributed by atoms with E-state index in [1.807, 2.05) is 0 Å². The molecule has 106 valence electrons. The zero-order chi connectivity index (χ0) is 13.9. The maximum atomic E-state index is 12.7. The lowest BCUT2D eigenvalue weighted by atomic mass is 9.99. The van der Waals surface area contributed by atoms with Crippen molar-refractivity contribution in [3.8, 4) is 5.75 Å². The van der Waals surface area contributed by atoms with E-state index in [1.54, 1.807) is 13.0 Å². The predicted octanol–water partition coefficient (Wildman–Crippen LogP) is 3.39. The number of nitrogens with one attached hydrogen (secondary N) is 1. The van der Waals surface area contributed by atoms with Gasteiger partial charge >= 0.3 is 6.18 Å². The highest BCUT2D eigenvalue weighted by Gasteiger charge is 2.31. The summed E-state index contributed by atoms with van der Waals surface area (Å²) in [7, 11) is 0. The van der Waals surface area contributed by atoms with E-state index in [4.69, 9.17) is 4.74 Å². The van der Waals surface area contributed by atoms with Crippen molar-refractivity contribution in [2.24, 2.45) is 5.92 Å². The number of rotatable bonds is 3. The molecule has 0 spiro atoms. The van der Waals surface area contributed by atoms with Gasteiger partial charge in [0, 0.05) is 0 Å². The molecule has 1 aliphatic rings. The summed E-state index contributed by atoms with van der Waals surface area (Å²) in [5.74, 6) is 0.738. The third-order valence-electron chi connectivity index (χ3n) is 3.32. The molecule has 0 aromatic heterocycles. The van der Waals surface area contributed by atoms with Crippen molar-refractivity contribution in [2.45, 2.75) is 25.9 Å². The van der Waals surface area contributed by atoms with E-state index in [0.29, 0.717) is 23.8 Å². The lowest BCUT2D eigenvalue weighted by molar-refractivity contribution is -0.137. The summed E-state index contributed by atoms with van der Waals surface area (Å²) in [4.78, 5) is 0. The van der Waals surface area contributed by atoms with E-state index in [2.05, 4.69) is 5.32 Å². The van der Waals surface area contributed by atoms with Gasteiger partial charge in [0.15, 0.2) is 0 Å². The molecule has 1 aromatic carbocycles. The van der Waals surface area contributed by atoms with Crippen LogP contribution in [0.25, 0.3) is 0 Å². The fourth-order valence-corrected chi connectivity index (χ4v) is 2.26. The van der Waals surface area contributed by atoms with E-state index < -0.39 is 11.7 Å². The van der Waals surface area contributed by atoms with Crippen molar-refractivity contribution in [3.05, 3.63) is 29.3 Å². The molecule has 0 aliphatic carbocycles. The summed E-state index contributed by atoms with van der Waals surface area (Å²) in [6, 6.07) is 3.86. The lowest BCUT2D eigenvalue weighted by Gasteiger charge is -2.23. The molecule has 1 heterocycles. The van der Waals surface area contributed by atoms with Crippen LogP contribution in [0, 0.1) is 12.8 Å². The van der Waals surface area contributed by atoms with Crippen LogP contribution in [0.2, 0.25) is 0 Å². The highest BCUT2D eigenvalue weighted by Crippen LogP contribution is 2.32. The standard InChI is InChI=1S/C14H18F3NO/c1-10-6-12(14(15,16)17)8-13(7-10)19-9-11-2-4-18-5-3-11/h6-8,11,18H,2-5,9H2,1H3. The molecule has 0 saturated carbocycles. The number of piperidine rings is 1. The summed E-state index contributed by atoms with van der Waals surface area (Å²) in [5.41, 5.74) is -0.0806. The molecule has 0 bridgehead atoms. The monoisotopic (exact) mass is 273 g/mol. The van der Waals surface area contributed by atoms with Gasteiger partial charge in [-0.1, -0.05) is 0 Å². The molecule has 1 aromatic rings. The Balaban J connectivity index is 2.01. The Bertz CT molecular complexity index is 425. The number of alkyl halides is 3. The Morgan fingerprint density at radius 3 is 2.53 bits per heavy atom. The molecule has 2 nitrogen and oxygen atoms in total. The highest BCUT2D eigenvalue weighted by molar-refractivity contribution is 5.35. The van der Waals surface area contributed by atoms with Gasteiger partial charge in [-0.05, 0) is 62.5 Å². The van der Waals surface area contributed by atoms with Gasteiger partial charge in [-0.25, -0.2) is 0 Å². The maximum absolute atomic E-state index is 12.7. The molecule has 1 saturated heterocycles. The van der Waals surface area contributed by atoms with E-state index in [9.17, 15) is 13.2 Å². The van der Waals surface area contributed by atoms with Crippen LogP contribution in [0.3, 0.4) is 0 Å². The van der Waals surface area contributed by atoms with Crippen LogP contribution < -0.4 is 10.1 Å². The van der Waals surface area contributed by atoms with Gasteiger partial charge < -0.3 is 10.1 Å². The van der Waals surface area contributed by atoms with E-state index in [0.717, 1.165) is 38.1 Å². The summed E-state index contributed by atoms with van der Waals surface area (Å²) in [6.45, 7) is 4.04. The van der Waals surface area contributed by atoms with E-state index >= 15 is 0 Å². The van der Waals surface area contributed by atoms with Crippen LogP contribution >= 0.6 is 0 Å². The molecule has 1 fully saturated rings. The first-order valence-electron chi connectivity index (χ1n) is 6.47. The van der Waals surface area contributed by atoms with E-state index in [1.165, 1.54) is 0 Å². The molecule has 0 radical (unpaired) electrons. The smallest absolute Gasteiger partial charge is 0.416 e. The fraction of sp³-hybridized carbons (Fsp3) is 0.571.